The highest BCUT2D eigenvalue weighted by Gasteiger charge is 2.39. The number of halogens is 3. The largest absolute Gasteiger partial charge is 0.399 e. The molecule has 0 saturated carbocycles. The summed E-state index contributed by atoms with van der Waals surface area (Å²) in [6.45, 7) is 1.82. The van der Waals surface area contributed by atoms with Crippen molar-refractivity contribution in [3.8, 4) is 5.75 Å². The van der Waals surface area contributed by atoms with Crippen molar-refractivity contribution in [1.82, 2.24) is 0 Å². The summed E-state index contributed by atoms with van der Waals surface area (Å²) >= 11 is 1.36. The summed E-state index contributed by atoms with van der Waals surface area (Å²) in [4.78, 5) is 0.682. The second kappa shape index (κ2) is 10.1. The van der Waals surface area contributed by atoms with Gasteiger partial charge in [-0.15, -0.1) is 11.3 Å². The first-order valence-corrected chi connectivity index (χ1v) is 12.9. The predicted octanol–water partition coefficient (Wildman–Crippen LogP) is 7.60. The number of alkyl halides is 3. The van der Waals surface area contributed by atoms with Crippen LogP contribution < -0.4 is 4.18 Å². The van der Waals surface area contributed by atoms with Gasteiger partial charge in [-0.05, 0) is 59.3 Å². The molecule has 4 aromatic rings. The first-order valence-electron chi connectivity index (χ1n) is 10.6. The third-order valence-electron chi connectivity index (χ3n) is 5.31. The molecule has 1 unspecified atom stereocenters. The Morgan fingerprint density at radius 1 is 0.886 bits per heavy atom. The molecule has 35 heavy (non-hydrogen) atoms. The van der Waals surface area contributed by atoms with E-state index in [0.717, 1.165) is 10.4 Å². The number of allylic oxidation sites excluding steroid dienone is 1. The lowest BCUT2D eigenvalue weighted by atomic mass is 9.92. The lowest BCUT2D eigenvalue weighted by Crippen LogP contribution is -2.19. The van der Waals surface area contributed by atoms with E-state index >= 15 is 0 Å². The Bertz CT molecular complexity index is 1390. The van der Waals surface area contributed by atoms with Crippen molar-refractivity contribution in [1.29, 1.82) is 0 Å². The summed E-state index contributed by atoms with van der Waals surface area (Å²) in [6.07, 6.45) is -3.35. The molecule has 0 radical (unpaired) electrons. The molecule has 0 bridgehead atoms. The highest BCUT2D eigenvalue weighted by Crippen LogP contribution is 2.40. The molecule has 0 amide bonds. The molecule has 0 N–H and O–H groups in total. The maximum absolute atomic E-state index is 14.2. The second-order valence-corrected chi connectivity index (χ2v) is 10.4. The van der Waals surface area contributed by atoms with Crippen molar-refractivity contribution in [3.63, 3.8) is 0 Å². The summed E-state index contributed by atoms with van der Waals surface area (Å²) in [6, 6.07) is 23.5. The number of benzene rings is 3. The molecule has 1 heterocycles. The smallest absolute Gasteiger partial charge is 0.379 e. The van der Waals surface area contributed by atoms with E-state index in [0.29, 0.717) is 11.1 Å². The van der Waals surface area contributed by atoms with Gasteiger partial charge in [-0.1, -0.05) is 72.3 Å². The van der Waals surface area contributed by atoms with Gasteiger partial charge in [-0.2, -0.15) is 21.6 Å². The van der Waals surface area contributed by atoms with Gasteiger partial charge in [0.05, 0.1) is 5.92 Å². The monoisotopic (exact) mass is 514 g/mol. The van der Waals surface area contributed by atoms with Crippen molar-refractivity contribution in [2.24, 2.45) is 0 Å². The number of hydrogen-bond acceptors (Lipinski definition) is 4. The molecule has 0 aliphatic heterocycles. The second-order valence-electron chi connectivity index (χ2n) is 7.86. The molecule has 0 spiro atoms. The lowest BCUT2D eigenvalue weighted by molar-refractivity contribution is -0.139. The molecule has 0 aliphatic carbocycles. The van der Waals surface area contributed by atoms with E-state index in [9.17, 15) is 21.6 Å². The zero-order valence-corrected chi connectivity index (χ0v) is 20.2. The number of hydrogen-bond donors (Lipinski definition) is 0. The van der Waals surface area contributed by atoms with E-state index in [1.165, 1.54) is 53.8 Å². The standard InChI is InChI=1S/C27H21F3O3S2/c1-19-9-15-23(16-10-19)35(31,32)33-22-13-11-21(12-14-22)25(27(28,29)30)18-24(26-8-5-17-34-26)20-6-3-2-4-7-20/h2-18,25H,1H3/b24-18+. The third-order valence-corrected chi connectivity index (χ3v) is 7.48. The van der Waals surface area contributed by atoms with Crippen molar-refractivity contribution >= 4 is 27.0 Å². The minimum absolute atomic E-state index is 0.0254. The van der Waals surface area contributed by atoms with Crippen LogP contribution in [0.15, 0.2) is 107 Å². The Morgan fingerprint density at radius 3 is 2.11 bits per heavy atom. The fourth-order valence-corrected chi connectivity index (χ4v) is 5.23. The summed E-state index contributed by atoms with van der Waals surface area (Å²) in [5, 5.41) is 1.81. The van der Waals surface area contributed by atoms with E-state index in [1.54, 1.807) is 54.6 Å². The van der Waals surface area contributed by atoms with Gasteiger partial charge in [0.25, 0.3) is 0 Å². The van der Waals surface area contributed by atoms with Crippen LogP contribution in [0.4, 0.5) is 13.2 Å². The molecule has 4 rings (SSSR count). The highest BCUT2D eigenvalue weighted by atomic mass is 32.2. The minimum Gasteiger partial charge on any atom is -0.379 e. The fourth-order valence-electron chi connectivity index (χ4n) is 3.53. The Hall–Kier alpha value is -3.36. The molecule has 0 fully saturated rings. The molecule has 0 saturated heterocycles. The quantitative estimate of drug-likeness (QED) is 0.239. The number of thiophene rings is 1. The first kappa shape index (κ1) is 24.8. The summed E-state index contributed by atoms with van der Waals surface area (Å²) in [7, 11) is -4.11. The van der Waals surface area contributed by atoms with E-state index < -0.39 is 22.2 Å². The third kappa shape index (κ3) is 6.01. The van der Waals surface area contributed by atoms with Gasteiger partial charge in [-0.3, -0.25) is 0 Å². The van der Waals surface area contributed by atoms with Crippen LogP contribution in [0.5, 0.6) is 5.75 Å². The van der Waals surface area contributed by atoms with Crippen molar-refractivity contribution < 1.29 is 25.8 Å². The Labute approximate surface area is 206 Å². The van der Waals surface area contributed by atoms with Crippen LogP contribution in [-0.4, -0.2) is 14.6 Å². The summed E-state index contributed by atoms with van der Waals surface area (Å²) in [5.74, 6) is -1.97. The normalized spacial score (nSPS) is 13.4. The Morgan fingerprint density at radius 2 is 1.54 bits per heavy atom. The molecule has 0 aliphatic rings. The van der Waals surface area contributed by atoms with Crippen LogP contribution in [-0.2, 0) is 10.1 Å². The average molecular weight is 515 g/mol. The average Bonchev–Trinajstić information content (AvgIpc) is 3.35. The van der Waals surface area contributed by atoms with Crippen LogP contribution in [0, 0.1) is 6.92 Å². The van der Waals surface area contributed by atoms with Gasteiger partial charge in [0, 0.05) is 4.88 Å². The molecule has 180 valence electrons. The number of rotatable bonds is 7. The molecular weight excluding hydrogens is 493 g/mol. The topological polar surface area (TPSA) is 43.4 Å². The van der Waals surface area contributed by atoms with E-state index in [4.69, 9.17) is 4.18 Å². The maximum Gasteiger partial charge on any atom is 0.399 e. The Kier molecular flexibility index (Phi) is 7.14. The van der Waals surface area contributed by atoms with Gasteiger partial charge < -0.3 is 4.18 Å². The summed E-state index contributed by atoms with van der Waals surface area (Å²) in [5.41, 5.74) is 2.01. The van der Waals surface area contributed by atoms with Crippen molar-refractivity contribution in [3.05, 3.63) is 124 Å². The number of aryl methyl sites for hydroxylation is 1. The maximum atomic E-state index is 14.2. The van der Waals surface area contributed by atoms with Crippen LogP contribution in [0.1, 0.15) is 27.5 Å². The zero-order chi connectivity index (χ0) is 25.1. The van der Waals surface area contributed by atoms with Gasteiger partial charge in [0.2, 0.25) is 0 Å². The predicted molar refractivity (Wildman–Crippen MR) is 132 cm³/mol. The molecule has 1 aromatic heterocycles. The fraction of sp³-hybridized carbons (Fsp3) is 0.111. The van der Waals surface area contributed by atoms with E-state index in [1.807, 2.05) is 12.3 Å². The molecule has 3 aromatic carbocycles. The minimum atomic E-state index is -4.56. The zero-order valence-electron chi connectivity index (χ0n) is 18.6. The lowest BCUT2D eigenvalue weighted by Gasteiger charge is -2.20. The SMILES string of the molecule is Cc1ccc(S(=O)(=O)Oc2ccc(C(/C=C(\c3ccccc3)c3cccs3)C(F)(F)F)cc2)cc1. The van der Waals surface area contributed by atoms with Gasteiger partial charge in [0.1, 0.15) is 10.6 Å². The van der Waals surface area contributed by atoms with Crippen LogP contribution >= 0.6 is 11.3 Å². The molecule has 1 atom stereocenters. The van der Waals surface area contributed by atoms with Crippen LogP contribution in [0.25, 0.3) is 5.57 Å². The van der Waals surface area contributed by atoms with Crippen molar-refractivity contribution in [2.45, 2.75) is 23.9 Å². The highest BCUT2D eigenvalue weighted by molar-refractivity contribution is 7.87. The van der Waals surface area contributed by atoms with Gasteiger partial charge in [0.15, 0.2) is 0 Å². The molecular formula is C27H21F3O3S2. The van der Waals surface area contributed by atoms with Crippen LogP contribution in [0.3, 0.4) is 0 Å². The first-order chi connectivity index (χ1) is 16.6. The van der Waals surface area contributed by atoms with Crippen LogP contribution in [0.2, 0.25) is 0 Å². The van der Waals surface area contributed by atoms with E-state index in [2.05, 4.69) is 0 Å². The van der Waals surface area contributed by atoms with Gasteiger partial charge >= 0.3 is 16.3 Å². The molecule has 3 nitrogen and oxygen atoms in total. The van der Waals surface area contributed by atoms with Crippen molar-refractivity contribution in [2.75, 3.05) is 0 Å². The van der Waals surface area contributed by atoms with Gasteiger partial charge in [-0.25, -0.2) is 0 Å². The summed E-state index contributed by atoms with van der Waals surface area (Å²) < 4.78 is 72.7. The molecule has 8 heteroatoms. The Balaban J connectivity index is 1.67. The van der Waals surface area contributed by atoms with E-state index in [-0.39, 0.29) is 16.2 Å².